The molecule has 4 rings (SSSR count). The van der Waals surface area contributed by atoms with Crippen LogP contribution in [0.25, 0.3) is 5.69 Å². The smallest absolute Gasteiger partial charge is 0.0969 e. The second-order valence-corrected chi connectivity index (χ2v) is 5.93. The van der Waals surface area contributed by atoms with Gasteiger partial charge in [0.15, 0.2) is 0 Å². The summed E-state index contributed by atoms with van der Waals surface area (Å²) in [5.41, 5.74) is 5.20. The van der Waals surface area contributed by atoms with Gasteiger partial charge in [0, 0.05) is 12.6 Å². The van der Waals surface area contributed by atoms with Crippen molar-refractivity contribution in [1.82, 2.24) is 20.3 Å². The van der Waals surface area contributed by atoms with Gasteiger partial charge in [-0.1, -0.05) is 17.3 Å². The van der Waals surface area contributed by atoms with Crippen LogP contribution in [0.2, 0.25) is 0 Å². The quantitative estimate of drug-likeness (QED) is 0.926. The molecule has 0 radical (unpaired) electrons. The third-order valence-corrected chi connectivity index (χ3v) is 4.31. The van der Waals surface area contributed by atoms with E-state index in [-0.39, 0.29) is 0 Å². The molecule has 1 aromatic heterocycles. The number of nitrogens with zero attached hydrogens (tertiary/aromatic N) is 3. The molecule has 1 saturated carbocycles. The van der Waals surface area contributed by atoms with E-state index in [1.54, 1.807) is 0 Å². The summed E-state index contributed by atoms with van der Waals surface area (Å²) >= 11 is 0. The zero-order chi connectivity index (χ0) is 13.4. The van der Waals surface area contributed by atoms with Crippen molar-refractivity contribution < 1.29 is 0 Å². The second-order valence-electron chi connectivity index (χ2n) is 5.93. The fourth-order valence-electron chi connectivity index (χ4n) is 3.01. The zero-order valence-corrected chi connectivity index (χ0v) is 11.7. The van der Waals surface area contributed by atoms with Crippen LogP contribution < -0.4 is 5.32 Å². The van der Waals surface area contributed by atoms with Crippen LogP contribution in [-0.4, -0.2) is 21.0 Å². The monoisotopic (exact) mass is 268 g/mol. The first-order valence-corrected chi connectivity index (χ1v) is 7.66. The van der Waals surface area contributed by atoms with Gasteiger partial charge in [-0.15, -0.1) is 5.10 Å². The molecule has 0 aliphatic heterocycles. The Balaban J connectivity index is 1.60. The van der Waals surface area contributed by atoms with Crippen LogP contribution in [0.1, 0.15) is 42.5 Å². The maximum atomic E-state index is 4.32. The lowest BCUT2D eigenvalue weighted by atomic mass is 9.90. The molecular formula is C16H20N4. The van der Waals surface area contributed by atoms with Crippen molar-refractivity contribution in [3.63, 3.8) is 0 Å². The Kier molecular flexibility index (Phi) is 3.03. The van der Waals surface area contributed by atoms with Crippen LogP contribution in [0.4, 0.5) is 0 Å². The zero-order valence-electron chi connectivity index (χ0n) is 11.7. The van der Waals surface area contributed by atoms with E-state index in [0.717, 1.165) is 12.2 Å². The Labute approximate surface area is 119 Å². The number of nitrogens with one attached hydrogen (secondary N) is 1. The fraction of sp³-hybridized carbons (Fsp3) is 0.500. The number of fused-ring (bicyclic) bond motifs is 1. The lowest BCUT2D eigenvalue weighted by molar-refractivity contribution is 0.668. The topological polar surface area (TPSA) is 42.7 Å². The number of aromatic nitrogens is 3. The van der Waals surface area contributed by atoms with Crippen molar-refractivity contribution in [3.05, 3.63) is 41.2 Å². The van der Waals surface area contributed by atoms with Gasteiger partial charge in [0.05, 0.1) is 17.6 Å². The van der Waals surface area contributed by atoms with Gasteiger partial charge in [-0.2, -0.15) is 0 Å². The maximum Gasteiger partial charge on any atom is 0.0969 e. The molecule has 2 aliphatic rings. The lowest BCUT2D eigenvalue weighted by Crippen LogP contribution is -2.15. The first kappa shape index (κ1) is 12.1. The molecular weight excluding hydrogens is 248 g/mol. The Morgan fingerprint density at radius 3 is 3.00 bits per heavy atom. The van der Waals surface area contributed by atoms with Crippen molar-refractivity contribution in [1.29, 1.82) is 0 Å². The summed E-state index contributed by atoms with van der Waals surface area (Å²) in [6.45, 7) is 0.833. The molecule has 1 aromatic carbocycles. The van der Waals surface area contributed by atoms with Gasteiger partial charge < -0.3 is 5.32 Å². The van der Waals surface area contributed by atoms with Gasteiger partial charge in [-0.3, -0.25) is 0 Å². The molecule has 1 fully saturated rings. The van der Waals surface area contributed by atoms with Crippen molar-refractivity contribution >= 4 is 0 Å². The molecule has 0 unspecified atom stereocenters. The van der Waals surface area contributed by atoms with Gasteiger partial charge >= 0.3 is 0 Å². The van der Waals surface area contributed by atoms with E-state index < -0.39 is 0 Å². The molecule has 4 nitrogen and oxygen atoms in total. The molecule has 0 saturated heterocycles. The molecule has 0 spiro atoms. The van der Waals surface area contributed by atoms with E-state index in [1.165, 1.54) is 55.3 Å². The van der Waals surface area contributed by atoms with Crippen molar-refractivity contribution in [2.45, 2.75) is 51.1 Å². The highest BCUT2D eigenvalue weighted by molar-refractivity contribution is 5.46. The minimum absolute atomic E-state index is 0.713. The number of hydrogen-bond acceptors (Lipinski definition) is 3. The maximum absolute atomic E-state index is 4.32. The molecule has 20 heavy (non-hydrogen) atoms. The summed E-state index contributed by atoms with van der Waals surface area (Å²) in [5, 5.41) is 12.1. The predicted molar refractivity (Wildman–Crippen MR) is 77.9 cm³/mol. The molecule has 104 valence electrons. The molecule has 2 aliphatic carbocycles. The summed E-state index contributed by atoms with van der Waals surface area (Å²) in [7, 11) is 0. The van der Waals surface area contributed by atoms with E-state index in [4.69, 9.17) is 0 Å². The Hall–Kier alpha value is -1.68. The summed E-state index contributed by atoms with van der Waals surface area (Å²) < 4.78 is 1.95. The number of benzene rings is 1. The van der Waals surface area contributed by atoms with Crippen LogP contribution in [0, 0.1) is 0 Å². The Morgan fingerprint density at radius 1 is 1.20 bits per heavy atom. The molecule has 0 bridgehead atoms. The van der Waals surface area contributed by atoms with Crippen LogP contribution >= 0.6 is 0 Å². The van der Waals surface area contributed by atoms with Gasteiger partial charge in [0.2, 0.25) is 0 Å². The van der Waals surface area contributed by atoms with Crippen LogP contribution in [-0.2, 0) is 19.4 Å². The molecule has 2 aromatic rings. The van der Waals surface area contributed by atoms with Crippen molar-refractivity contribution in [2.75, 3.05) is 0 Å². The number of aryl methyl sites for hydroxylation is 1. The summed E-state index contributed by atoms with van der Waals surface area (Å²) in [6.07, 6.45) is 9.65. The van der Waals surface area contributed by atoms with E-state index >= 15 is 0 Å². The first-order chi connectivity index (χ1) is 9.90. The summed E-state index contributed by atoms with van der Waals surface area (Å²) in [4.78, 5) is 0. The van der Waals surface area contributed by atoms with Gasteiger partial charge in [0.25, 0.3) is 0 Å². The van der Waals surface area contributed by atoms with E-state index in [9.17, 15) is 0 Å². The predicted octanol–water partition coefficient (Wildman–Crippen LogP) is 2.40. The van der Waals surface area contributed by atoms with Gasteiger partial charge in [-0.25, -0.2) is 4.68 Å². The largest absolute Gasteiger partial charge is 0.308 e. The normalized spacial score (nSPS) is 18.0. The Morgan fingerprint density at radius 2 is 2.10 bits per heavy atom. The number of hydrogen-bond donors (Lipinski definition) is 1. The van der Waals surface area contributed by atoms with E-state index in [0.29, 0.717) is 6.04 Å². The third-order valence-electron chi connectivity index (χ3n) is 4.31. The average Bonchev–Trinajstić information content (AvgIpc) is 3.21. The molecule has 1 heterocycles. The number of rotatable bonds is 4. The van der Waals surface area contributed by atoms with Gasteiger partial charge in [-0.05, 0) is 55.7 Å². The Bertz CT molecular complexity index is 613. The lowest BCUT2D eigenvalue weighted by Gasteiger charge is -2.18. The SMILES string of the molecule is c1cc2c(c(-n3cc(CNC4CC4)nn3)c1)CCCC2. The molecule has 1 N–H and O–H groups in total. The van der Waals surface area contributed by atoms with E-state index in [1.807, 2.05) is 4.68 Å². The van der Waals surface area contributed by atoms with Crippen LogP contribution in [0.5, 0.6) is 0 Å². The highest BCUT2D eigenvalue weighted by atomic mass is 15.4. The average molecular weight is 268 g/mol. The van der Waals surface area contributed by atoms with Gasteiger partial charge in [0.1, 0.15) is 0 Å². The summed E-state index contributed by atoms with van der Waals surface area (Å²) in [5.74, 6) is 0. The van der Waals surface area contributed by atoms with E-state index in [2.05, 4.69) is 40.0 Å². The van der Waals surface area contributed by atoms with Crippen molar-refractivity contribution in [3.8, 4) is 5.69 Å². The van der Waals surface area contributed by atoms with Crippen molar-refractivity contribution in [2.24, 2.45) is 0 Å². The minimum Gasteiger partial charge on any atom is -0.308 e. The summed E-state index contributed by atoms with van der Waals surface area (Å²) in [6, 6.07) is 7.27. The van der Waals surface area contributed by atoms with Crippen LogP contribution in [0.3, 0.4) is 0 Å². The third kappa shape index (κ3) is 2.36. The molecule has 0 amide bonds. The molecule has 0 atom stereocenters. The second kappa shape index (κ2) is 5.02. The fourth-order valence-corrected chi connectivity index (χ4v) is 3.01. The molecule has 4 heteroatoms. The standard InChI is InChI=1S/C16H20N4/c1-2-6-15-12(4-1)5-3-7-16(15)20-11-14(18-19-20)10-17-13-8-9-13/h3,5,7,11,13,17H,1-2,4,6,8-10H2. The van der Waals surface area contributed by atoms with Crippen LogP contribution in [0.15, 0.2) is 24.4 Å². The highest BCUT2D eigenvalue weighted by Crippen LogP contribution is 2.26. The first-order valence-electron chi connectivity index (χ1n) is 7.66. The highest BCUT2D eigenvalue weighted by Gasteiger charge is 2.21. The minimum atomic E-state index is 0.713.